The Bertz CT molecular complexity index is 1320. The Morgan fingerprint density at radius 2 is 2.12 bits per heavy atom. The fourth-order valence-corrected chi connectivity index (χ4v) is 4.88. The van der Waals surface area contributed by atoms with E-state index in [0.717, 1.165) is 47.1 Å². The molecule has 1 N–H and O–H groups in total. The summed E-state index contributed by atoms with van der Waals surface area (Å²) in [5.41, 5.74) is 4.95. The van der Waals surface area contributed by atoms with Crippen LogP contribution in [0.2, 0.25) is 0 Å². The lowest BCUT2D eigenvalue weighted by Crippen LogP contribution is -2.34. The van der Waals surface area contributed by atoms with E-state index in [9.17, 15) is 4.79 Å². The molecule has 0 bridgehead atoms. The summed E-state index contributed by atoms with van der Waals surface area (Å²) >= 11 is 0. The summed E-state index contributed by atoms with van der Waals surface area (Å²) in [6.07, 6.45) is 7.72. The van der Waals surface area contributed by atoms with Gasteiger partial charge in [-0.3, -0.25) is 14.6 Å². The molecule has 166 valence electrons. The quantitative estimate of drug-likeness (QED) is 0.489. The lowest BCUT2D eigenvalue weighted by molar-refractivity contribution is -0.131. The molecule has 0 saturated carbocycles. The van der Waals surface area contributed by atoms with E-state index in [2.05, 4.69) is 51.2 Å². The van der Waals surface area contributed by atoms with Gasteiger partial charge in [0.15, 0.2) is 0 Å². The largest absolute Gasteiger partial charge is 0.340 e. The number of nitrogens with one attached hydrogen (secondary N) is 1. The van der Waals surface area contributed by atoms with Crippen LogP contribution in [0, 0.1) is 17.2 Å². The van der Waals surface area contributed by atoms with Crippen LogP contribution in [0.3, 0.4) is 0 Å². The van der Waals surface area contributed by atoms with Crippen LogP contribution in [0.25, 0.3) is 22.0 Å². The molecule has 1 saturated heterocycles. The van der Waals surface area contributed by atoms with E-state index in [0.29, 0.717) is 24.3 Å². The molecule has 3 heterocycles. The molecule has 1 unspecified atom stereocenters. The van der Waals surface area contributed by atoms with Gasteiger partial charge in [0.25, 0.3) is 0 Å². The third-order valence-corrected chi connectivity index (χ3v) is 6.57. The summed E-state index contributed by atoms with van der Waals surface area (Å²) in [4.78, 5) is 14.9. The number of aromatic amines is 1. The van der Waals surface area contributed by atoms with Crippen LogP contribution >= 0.6 is 0 Å². The molecule has 1 fully saturated rings. The minimum atomic E-state index is 0.183. The second kappa shape index (κ2) is 8.91. The van der Waals surface area contributed by atoms with Crippen molar-refractivity contribution in [1.29, 1.82) is 5.26 Å². The molecule has 7 heteroatoms. The molecule has 2 aromatic carbocycles. The zero-order valence-corrected chi connectivity index (χ0v) is 18.6. The summed E-state index contributed by atoms with van der Waals surface area (Å²) in [5.74, 6) is 0.560. The maximum Gasteiger partial charge on any atom is 0.223 e. The molecule has 0 radical (unpaired) electrons. The third-order valence-electron chi connectivity index (χ3n) is 6.57. The SMILES string of the molecule is C[C@@H]1CC(Cn2ncc3cc(-c4cn[nH]c4)ccc32)CN1C(=O)CCc1cccc(C#N)c1. The van der Waals surface area contributed by atoms with E-state index < -0.39 is 0 Å². The van der Waals surface area contributed by atoms with Crippen molar-refractivity contribution in [3.63, 3.8) is 0 Å². The molecule has 2 atom stereocenters. The first-order valence-electron chi connectivity index (χ1n) is 11.3. The molecular weight excluding hydrogens is 412 g/mol. The second-order valence-corrected chi connectivity index (χ2v) is 8.90. The van der Waals surface area contributed by atoms with Gasteiger partial charge in [-0.25, -0.2) is 0 Å². The molecule has 1 aliphatic rings. The minimum absolute atomic E-state index is 0.183. The summed E-state index contributed by atoms with van der Waals surface area (Å²) in [5, 5.41) is 21.7. The van der Waals surface area contributed by atoms with Gasteiger partial charge >= 0.3 is 0 Å². The zero-order chi connectivity index (χ0) is 22.8. The Kier molecular flexibility index (Phi) is 5.66. The van der Waals surface area contributed by atoms with Crippen molar-refractivity contribution in [2.45, 2.75) is 38.8 Å². The molecule has 0 aliphatic carbocycles. The highest BCUT2D eigenvalue weighted by Crippen LogP contribution is 2.28. The molecule has 33 heavy (non-hydrogen) atoms. The van der Waals surface area contributed by atoms with E-state index in [1.165, 1.54) is 0 Å². The van der Waals surface area contributed by atoms with Crippen LogP contribution in [-0.2, 0) is 17.8 Å². The second-order valence-electron chi connectivity index (χ2n) is 8.90. The number of aryl methyl sites for hydroxylation is 1. The van der Waals surface area contributed by atoms with Gasteiger partial charge in [-0.1, -0.05) is 18.2 Å². The van der Waals surface area contributed by atoms with Gasteiger partial charge in [-0.2, -0.15) is 15.5 Å². The minimum Gasteiger partial charge on any atom is -0.340 e. The summed E-state index contributed by atoms with van der Waals surface area (Å²) in [6.45, 7) is 3.69. The van der Waals surface area contributed by atoms with Gasteiger partial charge in [-0.05, 0) is 61.1 Å². The van der Waals surface area contributed by atoms with E-state index in [-0.39, 0.29) is 11.9 Å². The molecule has 1 aliphatic heterocycles. The smallest absolute Gasteiger partial charge is 0.223 e. The molecule has 0 spiro atoms. The first kappa shape index (κ1) is 21.0. The van der Waals surface area contributed by atoms with E-state index in [1.807, 2.05) is 41.7 Å². The van der Waals surface area contributed by atoms with Crippen molar-refractivity contribution >= 4 is 16.8 Å². The Hall–Kier alpha value is -3.92. The van der Waals surface area contributed by atoms with Crippen LogP contribution in [-0.4, -0.2) is 43.4 Å². The highest BCUT2D eigenvalue weighted by molar-refractivity contribution is 5.84. The average Bonchev–Trinajstić information content (AvgIpc) is 3.58. The fraction of sp³-hybridized carbons (Fsp3) is 0.308. The number of nitriles is 1. The van der Waals surface area contributed by atoms with Crippen molar-refractivity contribution in [3.05, 3.63) is 72.2 Å². The molecular formula is C26H26N6O. The lowest BCUT2D eigenvalue weighted by Gasteiger charge is -2.21. The first-order valence-corrected chi connectivity index (χ1v) is 11.3. The summed E-state index contributed by atoms with van der Waals surface area (Å²) in [7, 11) is 0. The fourth-order valence-electron chi connectivity index (χ4n) is 4.88. The molecule has 4 aromatic rings. The number of carbonyl (C=O) groups excluding carboxylic acids is 1. The van der Waals surface area contributed by atoms with Gasteiger partial charge in [-0.15, -0.1) is 0 Å². The van der Waals surface area contributed by atoms with Crippen LogP contribution in [0.1, 0.15) is 30.9 Å². The predicted octanol–water partition coefficient (Wildman–Crippen LogP) is 4.17. The van der Waals surface area contributed by atoms with Gasteiger partial charge in [0.2, 0.25) is 5.91 Å². The number of hydrogen-bond acceptors (Lipinski definition) is 4. The van der Waals surface area contributed by atoms with Gasteiger partial charge < -0.3 is 4.90 Å². The van der Waals surface area contributed by atoms with E-state index in [1.54, 1.807) is 6.07 Å². The van der Waals surface area contributed by atoms with Crippen LogP contribution in [0.4, 0.5) is 0 Å². The number of aromatic nitrogens is 4. The Labute approximate surface area is 192 Å². The Morgan fingerprint density at radius 3 is 2.94 bits per heavy atom. The van der Waals surface area contributed by atoms with Gasteiger partial charge in [0.05, 0.1) is 29.5 Å². The monoisotopic (exact) mass is 438 g/mol. The van der Waals surface area contributed by atoms with Crippen molar-refractivity contribution in [3.8, 4) is 17.2 Å². The molecule has 1 amide bonds. The normalized spacial score (nSPS) is 18.0. The van der Waals surface area contributed by atoms with Crippen molar-refractivity contribution < 1.29 is 4.79 Å². The van der Waals surface area contributed by atoms with Gasteiger partial charge in [0.1, 0.15) is 0 Å². The topological polar surface area (TPSA) is 90.6 Å². The number of benzene rings is 2. The highest BCUT2D eigenvalue weighted by Gasteiger charge is 2.32. The summed E-state index contributed by atoms with van der Waals surface area (Å²) in [6, 6.07) is 16.2. The predicted molar refractivity (Wildman–Crippen MR) is 126 cm³/mol. The van der Waals surface area contributed by atoms with Crippen molar-refractivity contribution in [2.75, 3.05) is 6.54 Å². The summed E-state index contributed by atoms with van der Waals surface area (Å²) < 4.78 is 2.06. The number of fused-ring (bicyclic) bond motifs is 1. The lowest BCUT2D eigenvalue weighted by atomic mass is 10.1. The zero-order valence-electron chi connectivity index (χ0n) is 18.6. The third kappa shape index (κ3) is 4.37. The maximum atomic E-state index is 12.9. The number of amides is 1. The van der Waals surface area contributed by atoms with Crippen LogP contribution in [0.15, 0.2) is 61.1 Å². The number of H-pyrrole nitrogens is 1. The standard InChI is InChI=1S/C26H26N6O/c1-18-9-21(16-31(18)26(33)8-5-19-3-2-4-20(10-19)12-27)17-32-25-7-6-22(11-23(25)15-30-32)24-13-28-29-14-24/h2-4,6-7,10-11,13-15,18,21H,5,8-9,16-17H2,1H3,(H,28,29)/t18-,21?/m1/s1. The van der Waals surface area contributed by atoms with E-state index in [4.69, 9.17) is 5.26 Å². The number of likely N-dealkylation sites (tertiary alicyclic amines) is 1. The molecule has 7 nitrogen and oxygen atoms in total. The van der Waals surface area contributed by atoms with Crippen molar-refractivity contribution in [1.82, 2.24) is 24.9 Å². The molecule has 2 aromatic heterocycles. The van der Waals surface area contributed by atoms with Crippen LogP contribution < -0.4 is 0 Å². The average molecular weight is 439 g/mol. The van der Waals surface area contributed by atoms with Crippen molar-refractivity contribution in [2.24, 2.45) is 5.92 Å². The van der Waals surface area contributed by atoms with Gasteiger partial charge in [0, 0.05) is 42.7 Å². The maximum absolute atomic E-state index is 12.9. The number of nitrogens with zero attached hydrogens (tertiary/aromatic N) is 5. The number of rotatable bonds is 6. The van der Waals surface area contributed by atoms with E-state index >= 15 is 0 Å². The highest BCUT2D eigenvalue weighted by atomic mass is 16.2. The Morgan fingerprint density at radius 1 is 1.21 bits per heavy atom. The Balaban J connectivity index is 1.22. The number of hydrogen-bond donors (Lipinski definition) is 1. The molecule has 5 rings (SSSR count). The number of carbonyl (C=O) groups is 1. The first-order chi connectivity index (χ1) is 16.1. The van der Waals surface area contributed by atoms with Crippen LogP contribution in [0.5, 0.6) is 0 Å².